The molecule has 28 heavy (non-hydrogen) atoms. The summed E-state index contributed by atoms with van der Waals surface area (Å²) in [4.78, 5) is 15.8. The van der Waals surface area contributed by atoms with Crippen LogP contribution in [0.3, 0.4) is 0 Å². The normalized spacial score (nSPS) is 11.6. The van der Waals surface area contributed by atoms with Crippen molar-refractivity contribution in [3.05, 3.63) is 88.7 Å². The monoisotopic (exact) mass is 369 g/mol. The summed E-state index contributed by atoms with van der Waals surface area (Å²) < 4.78 is 0. The van der Waals surface area contributed by atoms with Crippen LogP contribution in [0, 0.1) is 18.3 Å². The van der Waals surface area contributed by atoms with Gasteiger partial charge >= 0.3 is 0 Å². The molecular weight excluding hydrogens is 346 g/mol. The summed E-state index contributed by atoms with van der Waals surface area (Å²) in [7, 11) is 0. The smallest absolute Gasteiger partial charge is 0.150 e. The van der Waals surface area contributed by atoms with Crippen LogP contribution in [0.2, 0.25) is 0 Å². The number of aromatic nitrogens is 1. The first-order valence-electron chi connectivity index (χ1n) is 9.30. The molecule has 0 amide bonds. The Kier molecular flexibility index (Phi) is 6.31. The molecule has 1 unspecified atom stereocenters. The van der Waals surface area contributed by atoms with Crippen LogP contribution in [0.15, 0.2) is 60.9 Å². The van der Waals surface area contributed by atoms with Gasteiger partial charge in [-0.1, -0.05) is 36.4 Å². The lowest BCUT2D eigenvalue weighted by atomic mass is 9.96. The number of hydrogen-bond acceptors (Lipinski definition) is 4. The number of carbonyl (C=O) groups is 1. The van der Waals surface area contributed by atoms with Crippen molar-refractivity contribution in [1.82, 2.24) is 10.3 Å². The Bertz CT molecular complexity index is 989. The largest absolute Gasteiger partial charge is 0.309 e. The molecule has 0 aliphatic rings. The molecule has 140 valence electrons. The fourth-order valence-electron chi connectivity index (χ4n) is 3.23. The molecule has 0 fully saturated rings. The second-order valence-corrected chi connectivity index (χ2v) is 6.92. The van der Waals surface area contributed by atoms with E-state index in [9.17, 15) is 4.79 Å². The number of pyridine rings is 1. The average Bonchev–Trinajstić information content (AvgIpc) is 2.74. The summed E-state index contributed by atoms with van der Waals surface area (Å²) in [5.74, 6) is -0.102. The molecule has 0 bridgehead atoms. The van der Waals surface area contributed by atoms with Crippen molar-refractivity contribution in [1.29, 1.82) is 5.26 Å². The molecule has 0 radical (unpaired) electrons. The summed E-state index contributed by atoms with van der Waals surface area (Å²) in [6.45, 7) is 5.14. The average molecular weight is 369 g/mol. The maximum Gasteiger partial charge on any atom is 0.150 e. The molecule has 0 aliphatic carbocycles. The maximum absolute atomic E-state index is 11.6. The van der Waals surface area contributed by atoms with Crippen LogP contribution in [0.25, 0.3) is 11.1 Å². The molecule has 1 N–H and O–H groups in total. The number of benzene rings is 2. The third-order valence-electron chi connectivity index (χ3n) is 4.90. The van der Waals surface area contributed by atoms with Crippen molar-refractivity contribution in [2.45, 2.75) is 32.9 Å². The molecular formula is C24H23N3O. The Morgan fingerprint density at radius 2 is 1.93 bits per heavy atom. The Balaban J connectivity index is 1.74. The fourth-order valence-corrected chi connectivity index (χ4v) is 3.23. The van der Waals surface area contributed by atoms with E-state index in [2.05, 4.69) is 22.4 Å². The Hall–Kier alpha value is -3.29. The van der Waals surface area contributed by atoms with Crippen LogP contribution in [0.5, 0.6) is 0 Å². The topological polar surface area (TPSA) is 65.8 Å². The molecule has 0 aliphatic heterocycles. The van der Waals surface area contributed by atoms with Crippen LogP contribution in [-0.4, -0.2) is 11.3 Å². The second-order valence-electron chi connectivity index (χ2n) is 6.92. The minimum atomic E-state index is -0.102. The van der Waals surface area contributed by atoms with Crippen molar-refractivity contribution in [3.63, 3.8) is 0 Å². The molecule has 1 heterocycles. The van der Waals surface area contributed by atoms with Gasteiger partial charge in [-0.15, -0.1) is 0 Å². The zero-order valence-corrected chi connectivity index (χ0v) is 16.1. The van der Waals surface area contributed by atoms with E-state index < -0.39 is 0 Å². The number of aldehydes is 1. The van der Waals surface area contributed by atoms with E-state index in [1.54, 1.807) is 6.20 Å². The van der Waals surface area contributed by atoms with Gasteiger partial charge in [0.15, 0.2) is 6.29 Å². The molecule has 0 saturated heterocycles. The van der Waals surface area contributed by atoms with E-state index in [1.165, 1.54) is 0 Å². The van der Waals surface area contributed by atoms with Gasteiger partial charge in [-0.2, -0.15) is 5.26 Å². The van der Waals surface area contributed by atoms with Gasteiger partial charge in [0, 0.05) is 36.6 Å². The minimum absolute atomic E-state index is 0.102. The molecule has 2 aromatic carbocycles. The van der Waals surface area contributed by atoms with E-state index in [0.29, 0.717) is 13.1 Å². The van der Waals surface area contributed by atoms with Crippen molar-refractivity contribution in [2.24, 2.45) is 0 Å². The van der Waals surface area contributed by atoms with E-state index in [-0.39, 0.29) is 5.92 Å². The first-order valence-corrected chi connectivity index (χ1v) is 9.30. The Labute approximate surface area is 165 Å². The summed E-state index contributed by atoms with van der Waals surface area (Å²) in [6.07, 6.45) is 4.51. The molecule has 0 spiro atoms. The number of aryl methyl sites for hydroxylation is 1. The quantitative estimate of drug-likeness (QED) is 0.608. The van der Waals surface area contributed by atoms with Gasteiger partial charge in [0.2, 0.25) is 0 Å². The second kappa shape index (κ2) is 9.07. The Morgan fingerprint density at radius 3 is 2.57 bits per heavy atom. The zero-order valence-electron chi connectivity index (χ0n) is 16.1. The van der Waals surface area contributed by atoms with Gasteiger partial charge in [-0.05, 0) is 53.8 Å². The van der Waals surface area contributed by atoms with E-state index >= 15 is 0 Å². The third-order valence-corrected chi connectivity index (χ3v) is 4.90. The van der Waals surface area contributed by atoms with Crippen molar-refractivity contribution in [2.75, 3.05) is 0 Å². The predicted molar refractivity (Wildman–Crippen MR) is 111 cm³/mol. The molecule has 4 heteroatoms. The highest BCUT2D eigenvalue weighted by atomic mass is 16.1. The highest BCUT2D eigenvalue weighted by Crippen LogP contribution is 2.24. The van der Waals surface area contributed by atoms with Gasteiger partial charge in [0.25, 0.3) is 0 Å². The summed E-state index contributed by atoms with van der Waals surface area (Å²) in [5, 5.41) is 12.4. The van der Waals surface area contributed by atoms with Crippen molar-refractivity contribution in [3.8, 4) is 17.2 Å². The number of nitrogens with one attached hydrogen (secondary N) is 1. The van der Waals surface area contributed by atoms with Gasteiger partial charge in [-0.3, -0.25) is 9.78 Å². The third kappa shape index (κ3) is 4.51. The standard InChI is InChI=1S/C24H23N3O/c1-17-10-22(21-4-3-9-26-14-21)11-23(24(17)16-28)15-27-13-19-5-7-20(8-6-19)18(2)12-25/h3-11,14,16,18,27H,13,15H2,1-2H3. The van der Waals surface area contributed by atoms with Crippen molar-refractivity contribution >= 4 is 6.29 Å². The summed E-state index contributed by atoms with van der Waals surface area (Å²) >= 11 is 0. The highest BCUT2D eigenvalue weighted by Gasteiger charge is 2.09. The first-order chi connectivity index (χ1) is 13.6. The zero-order chi connectivity index (χ0) is 19.9. The van der Waals surface area contributed by atoms with E-state index in [0.717, 1.165) is 45.2 Å². The molecule has 4 nitrogen and oxygen atoms in total. The van der Waals surface area contributed by atoms with Gasteiger partial charge in [-0.25, -0.2) is 0 Å². The van der Waals surface area contributed by atoms with Crippen LogP contribution in [0.1, 0.15) is 45.5 Å². The highest BCUT2D eigenvalue weighted by molar-refractivity contribution is 5.82. The maximum atomic E-state index is 11.6. The molecule has 0 saturated carbocycles. The predicted octanol–water partition coefficient (Wildman–Crippen LogP) is 4.79. The number of nitriles is 1. The molecule has 3 rings (SSSR count). The summed E-state index contributed by atoms with van der Waals surface area (Å²) in [6, 6.07) is 18.3. The number of hydrogen-bond donors (Lipinski definition) is 1. The van der Waals surface area contributed by atoms with Gasteiger partial charge in [0.1, 0.15) is 0 Å². The van der Waals surface area contributed by atoms with E-state index in [1.807, 2.05) is 62.5 Å². The fraction of sp³-hybridized carbons (Fsp3) is 0.208. The van der Waals surface area contributed by atoms with Crippen LogP contribution in [0.4, 0.5) is 0 Å². The van der Waals surface area contributed by atoms with Crippen LogP contribution >= 0.6 is 0 Å². The van der Waals surface area contributed by atoms with Crippen LogP contribution < -0.4 is 5.32 Å². The van der Waals surface area contributed by atoms with Gasteiger partial charge < -0.3 is 5.32 Å². The lowest BCUT2D eigenvalue weighted by Crippen LogP contribution is -2.14. The van der Waals surface area contributed by atoms with E-state index in [4.69, 9.17) is 5.26 Å². The minimum Gasteiger partial charge on any atom is -0.309 e. The van der Waals surface area contributed by atoms with Gasteiger partial charge in [0.05, 0.1) is 12.0 Å². The SMILES string of the molecule is Cc1cc(-c2cccnc2)cc(CNCc2ccc(C(C)C#N)cc2)c1C=O. The number of carbonyl (C=O) groups excluding carboxylic acids is 1. The molecule has 1 atom stereocenters. The van der Waals surface area contributed by atoms with Crippen molar-refractivity contribution < 1.29 is 4.79 Å². The van der Waals surface area contributed by atoms with Crippen LogP contribution in [-0.2, 0) is 13.1 Å². The first kappa shape index (κ1) is 19.5. The Morgan fingerprint density at radius 1 is 1.14 bits per heavy atom. The lowest BCUT2D eigenvalue weighted by Gasteiger charge is -2.13. The molecule has 3 aromatic rings. The number of nitrogens with zero attached hydrogens (tertiary/aromatic N) is 2. The summed E-state index contributed by atoms with van der Waals surface area (Å²) in [5.41, 5.74) is 6.93. The lowest BCUT2D eigenvalue weighted by molar-refractivity contribution is 0.112. The molecule has 1 aromatic heterocycles. The number of rotatable bonds is 7.